The molecule has 1 aliphatic carbocycles. The number of carbonyl (C=O) groups is 1. The quantitative estimate of drug-likeness (QED) is 0.662. The van der Waals surface area contributed by atoms with Gasteiger partial charge in [0.15, 0.2) is 0 Å². The number of nitro groups is 1. The Hall–Kier alpha value is -2.18. The predicted molar refractivity (Wildman–Crippen MR) is 77.4 cm³/mol. The lowest BCUT2D eigenvalue weighted by molar-refractivity contribution is -0.384. The second kappa shape index (κ2) is 6.07. The minimum Gasteiger partial charge on any atom is -0.481 e. The van der Waals surface area contributed by atoms with Crippen LogP contribution in [-0.4, -0.2) is 33.6 Å². The number of anilines is 1. The van der Waals surface area contributed by atoms with Gasteiger partial charge in [-0.05, 0) is 12.8 Å². The largest absolute Gasteiger partial charge is 0.481 e. The molecule has 7 heteroatoms. The topological polar surface area (TPSA) is 96.6 Å². The van der Waals surface area contributed by atoms with E-state index in [2.05, 4.69) is 4.98 Å². The number of hydrogen-bond donors (Lipinski definition) is 1. The van der Waals surface area contributed by atoms with Crippen LogP contribution in [0.4, 0.5) is 11.5 Å². The summed E-state index contributed by atoms with van der Waals surface area (Å²) in [5.74, 6) is -0.401. The molecule has 0 aliphatic heterocycles. The monoisotopic (exact) mass is 293 g/mol. The maximum absolute atomic E-state index is 11.2. The van der Waals surface area contributed by atoms with E-state index in [1.165, 1.54) is 18.3 Å². The predicted octanol–water partition coefficient (Wildman–Crippen LogP) is 2.60. The first-order valence-corrected chi connectivity index (χ1v) is 7.01. The first-order chi connectivity index (χ1) is 9.94. The van der Waals surface area contributed by atoms with Gasteiger partial charge < -0.3 is 10.0 Å². The molecule has 1 aromatic rings. The number of nitrogens with zero attached hydrogens (tertiary/aromatic N) is 3. The molecule has 7 nitrogen and oxygen atoms in total. The zero-order valence-electron chi connectivity index (χ0n) is 12.0. The summed E-state index contributed by atoms with van der Waals surface area (Å²) in [7, 11) is 1.78. The Morgan fingerprint density at radius 1 is 1.48 bits per heavy atom. The summed E-state index contributed by atoms with van der Waals surface area (Å²) < 4.78 is 0. The van der Waals surface area contributed by atoms with Crippen LogP contribution in [0.25, 0.3) is 0 Å². The van der Waals surface area contributed by atoms with Gasteiger partial charge in [0.2, 0.25) is 0 Å². The summed E-state index contributed by atoms with van der Waals surface area (Å²) >= 11 is 0. The molecule has 0 radical (unpaired) electrons. The van der Waals surface area contributed by atoms with Crippen molar-refractivity contribution in [3.63, 3.8) is 0 Å². The zero-order valence-corrected chi connectivity index (χ0v) is 12.0. The molecule has 0 unspecified atom stereocenters. The van der Waals surface area contributed by atoms with Gasteiger partial charge in [0.25, 0.3) is 5.69 Å². The Kier molecular flexibility index (Phi) is 4.40. The smallest absolute Gasteiger partial charge is 0.305 e. The molecule has 1 N–H and O–H groups in total. The van der Waals surface area contributed by atoms with E-state index in [0.717, 1.165) is 32.1 Å². The lowest BCUT2D eigenvalue weighted by atomic mass is 9.78. The Labute approximate surface area is 122 Å². The van der Waals surface area contributed by atoms with Crippen molar-refractivity contribution >= 4 is 17.5 Å². The summed E-state index contributed by atoms with van der Waals surface area (Å²) in [5, 5.41) is 20.1. The van der Waals surface area contributed by atoms with E-state index < -0.39 is 16.4 Å². The maximum atomic E-state index is 11.2. The Morgan fingerprint density at radius 3 is 2.71 bits per heavy atom. The van der Waals surface area contributed by atoms with Gasteiger partial charge in [0.05, 0.1) is 22.9 Å². The summed E-state index contributed by atoms with van der Waals surface area (Å²) in [4.78, 5) is 27.6. The van der Waals surface area contributed by atoms with Gasteiger partial charge in [0.1, 0.15) is 5.82 Å². The molecule has 114 valence electrons. The lowest BCUT2D eigenvalue weighted by Gasteiger charge is -2.44. The summed E-state index contributed by atoms with van der Waals surface area (Å²) in [6, 6.07) is 2.74. The van der Waals surface area contributed by atoms with Gasteiger partial charge in [0, 0.05) is 19.3 Å². The number of carboxylic acid groups (broad SMARTS) is 1. The fourth-order valence-electron chi connectivity index (χ4n) is 3.07. The van der Waals surface area contributed by atoms with Crippen LogP contribution < -0.4 is 4.90 Å². The first kappa shape index (κ1) is 15.2. The molecular formula is C14H19N3O4. The second-order valence-electron chi connectivity index (χ2n) is 5.54. The van der Waals surface area contributed by atoms with Crippen LogP contribution >= 0.6 is 0 Å². The molecule has 1 aliphatic rings. The molecule has 0 saturated heterocycles. The minimum atomic E-state index is -0.853. The van der Waals surface area contributed by atoms with Crippen molar-refractivity contribution in [1.29, 1.82) is 0 Å². The third kappa shape index (κ3) is 3.29. The van der Waals surface area contributed by atoms with Crippen molar-refractivity contribution in [3.8, 4) is 0 Å². The van der Waals surface area contributed by atoms with Crippen molar-refractivity contribution in [2.45, 2.75) is 44.1 Å². The van der Waals surface area contributed by atoms with E-state index in [4.69, 9.17) is 0 Å². The second-order valence-corrected chi connectivity index (χ2v) is 5.54. The number of hydrogen-bond acceptors (Lipinski definition) is 5. The van der Waals surface area contributed by atoms with Crippen LogP contribution in [0.3, 0.4) is 0 Å². The lowest BCUT2D eigenvalue weighted by Crippen LogP contribution is -2.50. The highest BCUT2D eigenvalue weighted by Gasteiger charge is 2.39. The minimum absolute atomic E-state index is 0.0217. The molecule has 1 saturated carbocycles. The number of pyridine rings is 1. The average Bonchev–Trinajstić information content (AvgIpc) is 2.47. The first-order valence-electron chi connectivity index (χ1n) is 7.01. The summed E-state index contributed by atoms with van der Waals surface area (Å²) in [6.07, 6.45) is 5.96. The van der Waals surface area contributed by atoms with Crippen molar-refractivity contribution < 1.29 is 14.8 Å². The maximum Gasteiger partial charge on any atom is 0.305 e. The SMILES string of the molecule is CN(c1cc([N+](=O)[O-])ccn1)C1(CC(=O)O)CCCCC1. The normalized spacial score (nSPS) is 17.2. The number of aliphatic carboxylic acids is 1. The zero-order chi connectivity index (χ0) is 15.5. The van der Waals surface area contributed by atoms with Crippen LogP contribution in [0.15, 0.2) is 18.3 Å². The van der Waals surface area contributed by atoms with Gasteiger partial charge in [-0.25, -0.2) is 4.98 Å². The standard InChI is InChI=1S/C14H19N3O4/c1-16(12-9-11(17(20)21)5-8-15-12)14(10-13(18)19)6-3-2-4-7-14/h5,8-9H,2-4,6-7,10H2,1H3,(H,18,19). The van der Waals surface area contributed by atoms with Crippen molar-refractivity contribution in [2.24, 2.45) is 0 Å². The molecular weight excluding hydrogens is 274 g/mol. The number of rotatable bonds is 5. The fourth-order valence-corrected chi connectivity index (χ4v) is 3.07. The fraction of sp³-hybridized carbons (Fsp3) is 0.571. The highest BCUT2D eigenvalue weighted by Crippen LogP contribution is 2.38. The van der Waals surface area contributed by atoms with Crippen LogP contribution in [0, 0.1) is 10.1 Å². The van der Waals surface area contributed by atoms with E-state index >= 15 is 0 Å². The molecule has 0 amide bonds. The molecule has 1 fully saturated rings. The molecule has 1 heterocycles. The molecule has 1 aromatic heterocycles. The van der Waals surface area contributed by atoms with E-state index in [0.29, 0.717) is 5.82 Å². The Bertz CT molecular complexity index is 541. The molecule has 0 spiro atoms. The van der Waals surface area contributed by atoms with Gasteiger partial charge in [-0.3, -0.25) is 14.9 Å². The van der Waals surface area contributed by atoms with Crippen molar-refractivity contribution in [2.75, 3.05) is 11.9 Å². The van der Waals surface area contributed by atoms with Crippen molar-refractivity contribution in [1.82, 2.24) is 4.98 Å². The van der Waals surface area contributed by atoms with E-state index in [1.54, 1.807) is 7.05 Å². The average molecular weight is 293 g/mol. The van der Waals surface area contributed by atoms with E-state index in [-0.39, 0.29) is 12.1 Å². The van der Waals surface area contributed by atoms with Gasteiger partial charge in [-0.15, -0.1) is 0 Å². The van der Waals surface area contributed by atoms with Crippen LogP contribution in [0.1, 0.15) is 38.5 Å². The third-order valence-corrected chi connectivity index (χ3v) is 4.26. The third-order valence-electron chi connectivity index (χ3n) is 4.26. The van der Waals surface area contributed by atoms with Gasteiger partial charge in [-0.2, -0.15) is 0 Å². The molecule has 21 heavy (non-hydrogen) atoms. The summed E-state index contributed by atoms with van der Waals surface area (Å²) in [6.45, 7) is 0. The van der Waals surface area contributed by atoms with E-state index in [9.17, 15) is 20.0 Å². The van der Waals surface area contributed by atoms with Gasteiger partial charge in [-0.1, -0.05) is 19.3 Å². The number of aromatic nitrogens is 1. The van der Waals surface area contributed by atoms with Crippen LogP contribution in [-0.2, 0) is 4.79 Å². The Morgan fingerprint density at radius 2 is 2.14 bits per heavy atom. The van der Waals surface area contributed by atoms with Crippen LogP contribution in [0.5, 0.6) is 0 Å². The van der Waals surface area contributed by atoms with Crippen molar-refractivity contribution in [3.05, 3.63) is 28.4 Å². The molecule has 0 bridgehead atoms. The van der Waals surface area contributed by atoms with Crippen LogP contribution in [0.2, 0.25) is 0 Å². The number of carboxylic acids is 1. The highest BCUT2D eigenvalue weighted by atomic mass is 16.6. The molecule has 2 rings (SSSR count). The summed E-state index contributed by atoms with van der Waals surface area (Å²) in [5.41, 5.74) is -0.542. The highest BCUT2D eigenvalue weighted by molar-refractivity contribution is 5.69. The van der Waals surface area contributed by atoms with E-state index in [1.807, 2.05) is 4.90 Å². The molecule has 0 aromatic carbocycles. The molecule has 0 atom stereocenters. The Balaban J connectivity index is 2.33. The van der Waals surface area contributed by atoms with Gasteiger partial charge >= 0.3 is 5.97 Å².